The first kappa shape index (κ1) is 11.2. The van der Waals surface area contributed by atoms with E-state index in [0.717, 1.165) is 13.0 Å². The third-order valence-electron chi connectivity index (χ3n) is 2.42. The molecule has 0 saturated heterocycles. The summed E-state index contributed by atoms with van der Waals surface area (Å²) in [5.74, 6) is 0. The van der Waals surface area contributed by atoms with E-state index >= 15 is 0 Å². The second-order valence-electron chi connectivity index (χ2n) is 3.62. The van der Waals surface area contributed by atoms with E-state index in [2.05, 4.69) is 17.4 Å². The van der Waals surface area contributed by atoms with Gasteiger partial charge in [0.15, 0.2) is 0 Å². The zero-order valence-corrected chi connectivity index (χ0v) is 8.87. The topological polar surface area (TPSA) is 38.0 Å². The van der Waals surface area contributed by atoms with Gasteiger partial charge in [-0.1, -0.05) is 36.8 Å². The fraction of sp³-hybridized carbons (Fsp3) is 0.500. The van der Waals surface area contributed by atoms with Gasteiger partial charge in [0, 0.05) is 6.04 Å². The summed E-state index contributed by atoms with van der Waals surface area (Å²) >= 11 is 0. The van der Waals surface area contributed by atoms with Crippen LogP contribution in [0, 0.1) is 0 Å². The number of nitrogens with one attached hydrogen (secondary N) is 1. The first-order valence-electron chi connectivity index (χ1n) is 5.29. The minimum absolute atomic E-state index is 0.202. The quantitative estimate of drug-likeness (QED) is 0.677. The molecule has 0 aliphatic carbocycles. The molecule has 1 aromatic rings. The summed E-state index contributed by atoms with van der Waals surface area (Å²) in [6.45, 7) is 1.08. The first-order chi connectivity index (χ1) is 6.84. The third-order valence-corrected chi connectivity index (χ3v) is 2.42. The Bertz CT molecular complexity index is 233. The molecule has 0 saturated carbocycles. The Kier molecular flexibility index (Phi) is 5.27. The van der Waals surface area contributed by atoms with Crippen molar-refractivity contribution in [3.8, 4) is 0 Å². The average Bonchev–Trinajstić information content (AvgIpc) is 2.25. The van der Waals surface area contributed by atoms with Crippen molar-refractivity contribution in [3.05, 3.63) is 35.9 Å². The molecule has 1 atom stereocenters. The Labute approximate surface area is 86.5 Å². The van der Waals surface area contributed by atoms with Gasteiger partial charge in [0.2, 0.25) is 0 Å². The zero-order chi connectivity index (χ0) is 10.2. The molecule has 0 heterocycles. The van der Waals surface area contributed by atoms with Crippen LogP contribution in [0.2, 0.25) is 0 Å². The number of benzene rings is 1. The predicted octanol–water partition coefficient (Wildman–Crippen LogP) is 2.08. The van der Waals surface area contributed by atoms with Gasteiger partial charge >= 0.3 is 0 Å². The molecule has 1 unspecified atom stereocenters. The minimum Gasteiger partial charge on any atom is -0.324 e. The van der Waals surface area contributed by atoms with Gasteiger partial charge in [-0.25, -0.2) is 0 Å². The molecule has 0 aliphatic heterocycles. The molecule has 3 N–H and O–H groups in total. The van der Waals surface area contributed by atoms with Crippen LogP contribution in [0.5, 0.6) is 0 Å². The molecule has 0 aromatic heterocycles. The highest BCUT2D eigenvalue weighted by Gasteiger charge is 2.03. The molecule has 0 amide bonds. The smallest absolute Gasteiger partial charge is 0.0294 e. The van der Waals surface area contributed by atoms with E-state index in [1.807, 2.05) is 25.2 Å². The second-order valence-corrected chi connectivity index (χ2v) is 3.62. The fourth-order valence-electron chi connectivity index (χ4n) is 1.53. The third kappa shape index (κ3) is 3.90. The highest BCUT2D eigenvalue weighted by molar-refractivity contribution is 5.18. The zero-order valence-electron chi connectivity index (χ0n) is 8.87. The molecule has 14 heavy (non-hydrogen) atoms. The lowest BCUT2D eigenvalue weighted by Gasteiger charge is -2.11. The lowest BCUT2D eigenvalue weighted by Crippen LogP contribution is -2.12. The number of unbranched alkanes of at least 4 members (excludes halogenated alkanes) is 1. The van der Waals surface area contributed by atoms with E-state index in [0.29, 0.717) is 0 Å². The average molecular weight is 192 g/mol. The van der Waals surface area contributed by atoms with E-state index in [1.54, 1.807) is 0 Å². The van der Waals surface area contributed by atoms with E-state index in [1.165, 1.54) is 18.4 Å². The van der Waals surface area contributed by atoms with Gasteiger partial charge in [-0.15, -0.1) is 0 Å². The summed E-state index contributed by atoms with van der Waals surface area (Å²) in [5.41, 5.74) is 7.30. The van der Waals surface area contributed by atoms with Crippen LogP contribution in [-0.4, -0.2) is 13.6 Å². The highest BCUT2D eigenvalue weighted by atomic mass is 14.8. The normalized spacial score (nSPS) is 12.7. The fourth-order valence-corrected chi connectivity index (χ4v) is 1.53. The van der Waals surface area contributed by atoms with Crippen LogP contribution in [0.1, 0.15) is 30.9 Å². The summed E-state index contributed by atoms with van der Waals surface area (Å²) in [4.78, 5) is 0. The standard InChI is InChI=1S/C12H20N2/c1-14-10-6-5-9-12(13)11-7-3-2-4-8-11/h2-4,7-8,12,14H,5-6,9-10,13H2,1H3. The van der Waals surface area contributed by atoms with Crippen LogP contribution >= 0.6 is 0 Å². The SMILES string of the molecule is CNCCCCC(N)c1ccccc1. The number of nitrogens with two attached hydrogens (primary N) is 1. The molecule has 0 aliphatic rings. The Morgan fingerprint density at radius 3 is 2.57 bits per heavy atom. The monoisotopic (exact) mass is 192 g/mol. The van der Waals surface area contributed by atoms with Crippen molar-refractivity contribution in [1.29, 1.82) is 0 Å². The van der Waals surface area contributed by atoms with Crippen LogP contribution in [0.25, 0.3) is 0 Å². The molecule has 0 radical (unpaired) electrons. The summed E-state index contributed by atoms with van der Waals surface area (Å²) in [6.07, 6.45) is 3.47. The number of rotatable bonds is 6. The van der Waals surface area contributed by atoms with Crippen molar-refractivity contribution < 1.29 is 0 Å². The van der Waals surface area contributed by atoms with Gasteiger partial charge in [0.05, 0.1) is 0 Å². The molecule has 1 rings (SSSR count). The summed E-state index contributed by atoms with van der Waals surface area (Å²) in [5, 5.41) is 3.14. The maximum atomic E-state index is 6.06. The Morgan fingerprint density at radius 2 is 1.93 bits per heavy atom. The summed E-state index contributed by atoms with van der Waals surface area (Å²) in [6, 6.07) is 10.5. The van der Waals surface area contributed by atoms with Crippen molar-refractivity contribution in [1.82, 2.24) is 5.32 Å². The van der Waals surface area contributed by atoms with Crippen molar-refractivity contribution in [2.75, 3.05) is 13.6 Å². The van der Waals surface area contributed by atoms with Gasteiger partial charge in [0.25, 0.3) is 0 Å². The number of hydrogen-bond acceptors (Lipinski definition) is 2. The van der Waals surface area contributed by atoms with E-state index < -0.39 is 0 Å². The summed E-state index contributed by atoms with van der Waals surface area (Å²) < 4.78 is 0. The van der Waals surface area contributed by atoms with Gasteiger partial charge < -0.3 is 11.1 Å². The van der Waals surface area contributed by atoms with E-state index in [9.17, 15) is 0 Å². The summed E-state index contributed by atoms with van der Waals surface area (Å²) in [7, 11) is 1.98. The minimum atomic E-state index is 0.202. The molecule has 0 fully saturated rings. The molecule has 2 heteroatoms. The van der Waals surface area contributed by atoms with Crippen LogP contribution in [0.4, 0.5) is 0 Å². The van der Waals surface area contributed by atoms with E-state index in [4.69, 9.17) is 5.73 Å². The molecule has 0 spiro atoms. The van der Waals surface area contributed by atoms with Crippen LogP contribution in [0.15, 0.2) is 30.3 Å². The van der Waals surface area contributed by atoms with Crippen LogP contribution in [-0.2, 0) is 0 Å². The first-order valence-corrected chi connectivity index (χ1v) is 5.29. The van der Waals surface area contributed by atoms with Crippen molar-refractivity contribution in [2.24, 2.45) is 5.73 Å². The second kappa shape index (κ2) is 6.57. The largest absolute Gasteiger partial charge is 0.324 e. The van der Waals surface area contributed by atoms with Gasteiger partial charge in [0.1, 0.15) is 0 Å². The molecule has 0 bridgehead atoms. The van der Waals surface area contributed by atoms with Gasteiger partial charge in [-0.05, 0) is 32.0 Å². The maximum absolute atomic E-state index is 6.06. The Balaban J connectivity index is 2.25. The van der Waals surface area contributed by atoms with Crippen molar-refractivity contribution >= 4 is 0 Å². The Morgan fingerprint density at radius 1 is 1.21 bits per heavy atom. The lowest BCUT2D eigenvalue weighted by atomic mass is 10.0. The highest BCUT2D eigenvalue weighted by Crippen LogP contribution is 2.15. The van der Waals surface area contributed by atoms with Crippen LogP contribution in [0.3, 0.4) is 0 Å². The number of hydrogen-bond donors (Lipinski definition) is 2. The van der Waals surface area contributed by atoms with Gasteiger partial charge in [-0.3, -0.25) is 0 Å². The van der Waals surface area contributed by atoms with Crippen LogP contribution < -0.4 is 11.1 Å². The predicted molar refractivity (Wildman–Crippen MR) is 61.1 cm³/mol. The maximum Gasteiger partial charge on any atom is 0.0294 e. The lowest BCUT2D eigenvalue weighted by molar-refractivity contribution is 0.573. The molecular weight excluding hydrogens is 172 g/mol. The molecule has 1 aromatic carbocycles. The van der Waals surface area contributed by atoms with Gasteiger partial charge in [-0.2, -0.15) is 0 Å². The molecule has 78 valence electrons. The molecule has 2 nitrogen and oxygen atoms in total. The Hall–Kier alpha value is -0.860. The van der Waals surface area contributed by atoms with Crippen molar-refractivity contribution in [2.45, 2.75) is 25.3 Å². The van der Waals surface area contributed by atoms with Crippen molar-refractivity contribution in [3.63, 3.8) is 0 Å². The molecular formula is C12H20N2. The van der Waals surface area contributed by atoms with E-state index in [-0.39, 0.29) is 6.04 Å².